The van der Waals surface area contributed by atoms with Crippen molar-refractivity contribution in [3.8, 4) is 0 Å². The molecule has 0 aliphatic carbocycles. The minimum Gasteiger partial charge on any atom is -0.368 e. The summed E-state index contributed by atoms with van der Waals surface area (Å²) in [5.74, 6) is 0. The fourth-order valence-electron chi connectivity index (χ4n) is 3.65. The fourth-order valence-corrected chi connectivity index (χ4v) is 4.17. The number of pyridine rings is 1. The number of anilines is 1. The van der Waals surface area contributed by atoms with Gasteiger partial charge in [-0.25, -0.2) is 9.19 Å². The van der Waals surface area contributed by atoms with Crippen LogP contribution in [0, 0.1) is 0 Å². The predicted octanol–water partition coefficient (Wildman–Crippen LogP) is 3.65. The predicted molar refractivity (Wildman–Crippen MR) is 115 cm³/mol. The molecule has 0 radical (unpaired) electrons. The number of fused-ring (bicyclic) bond motifs is 1. The Labute approximate surface area is 167 Å². The molecule has 1 atom stereocenters. The van der Waals surface area contributed by atoms with Crippen molar-refractivity contribution in [1.29, 1.82) is 0 Å². The molecule has 1 saturated heterocycles. The quantitative estimate of drug-likeness (QED) is 0.671. The molecule has 1 aliphatic rings. The first kappa shape index (κ1) is 18.8. The first-order valence-electron chi connectivity index (χ1n) is 9.40. The first-order chi connectivity index (χ1) is 13.7. The van der Waals surface area contributed by atoms with Gasteiger partial charge in [0.1, 0.15) is 0 Å². The highest BCUT2D eigenvalue weighted by Gasteiger charge is 2.19. The third kappa shape index (κ3) is 4.14. The van der Waals surface area contributed by atoms with Gasteiger partial charge >= 0.3 is 0 Å². The maximum absolute atomic E-state index is 11.6. The third-order valence-electron chi connectivity index (χ3n) is 5.10. The average molecular weight is 394 g/mol. The highest BCUT2D eigenvalue weighted by molar-refractivity contribution is 7.79. The van der Waals surface area contributed by atoms with E-state index in [2.05, 4.69) is 57.3 Å². The van der Waals surface area contributed by atoms with E-state index >= 15 is 0 Å². The molecule has 0 saturated carbocycles. The molecule has 28 heavy (non-hydrogen) atoms. The van der Waals surface area contributed by atoms with E-state index in [1.807, 2.05) is 24.3 Å². The molecule has 3 aromatic rings. The zero-order chi connectivity index (χ0) is 19.3. The van der Waals surface area contributed by atoms with Crippen LogP contribution in [0.1, 0.15) is 5.56 Å². The summed E-state index contributed by atoms with van der Waals surface area (Å²) < 4.78 is 21.1. The molecule has 0 bridgehead atoms. The molecular formula is C22H23N3O2S. The smallest absolute Gasteiger partial charge is 0.206 e. The van der Waals surface area contributed by atoms with Crippen molar-refractivity contribution in [1.82, 2.24) is 9.88 Å². The molecule has 144 valence electrons. The molecule has 1 unspecified atom stereocenters. The zero-order valence-corrected chi connectivity index (χ0v) is 16.4. The minimum absolute atomic E-state index is 0.226. The number of piperazine rings is 1. The molecule has 1 aromatic heterocycles. The minimum atomic E-state index is -2.09. The number of nitrogens with zero attached hydrogens (tertiary/aromatic N) is 3. The maximum atomic E-state index is 11.6. The third-order valence-corrected chi connectivity index (χ3v) is 5.75. The van der Waals surface area contributed by atoms with Crippen LogP contribution in [0.3, 0.4) is 0 Å². The van der Waals surface area contributed by atoms with Gasteiger partial charge in [0.05, 0.1) is 0 Å². The van der Waals surface area contributed by atoms with E-state index in [-0.39, 0.29) is 5.03 Å². The van der Waals surface area contributed by atoms with Crippen LogP contribution in [0.4, 0.5) is 5.69 Å². The molecule has 2 heterocycles. The standard InChI is InChI=1S/C22H23N3O2S/c26-28(27)22-20-9-4-10-21(19(20)11-12-23-22)25-16-14-24(15-17-25)13-5-8-18-6-2-1-3-7-18/h1-12H,13-17H2,(H,26,27)/b8-5+. The lowest BCUT2D eigenvalue weighted by Crippen LogP contribution is -2.46. The van der Waals surface area contributed by atoms with Crippen LogP contribution in [0.25, 0.3) is 16.8 Å². The Kier molecular flexibility index (Phi) is 5.81. The van der Waals surface area contributed by atoms with Gasteiger partial charge < -0.3 is 9.45 Å². The Bertz CT molecular complexity index is 999. The SMILES string of the molecule is O=S(O)c1nccc2c(N3CCN(C/C=C/c4ccccc4)CC3)cccc12. The van der Waals surface area contributed by atoms with Crippen molar-refractivity contribution in [3.63, 3.8) is 0 Å². The zero-order valence-electron chi connectivity index (χ0n) is 15.6. The molecule has 1 N–H and O–H groups in total. The van der Waals surface area contributed by atoms with Gasteiger partial charge in [-0.2, -0.15) is 0 Å². The molecule has 2 aromatic carbocycles. The second-order valence-corrected chi connectivity index (χ2v) is 7.72. The summed E-state index contributed by atoms with van der Waals surface area (Å²) in [6, 6.07) is 18.2. The number of aromatic nitrogens is 1. The van der Waals surface area contributed by atoms with Crippen LogP contribution in [-0.2, 0) is 11.1 Å². The summed E-state index contributed by atoms with van der Waals surface area (Å²) in [5, 5.41) is 1.95. The molecule has 1 aliphatic heterocycles. The average Bonchev–Trinajstić information content (AvgIpc) is 2.74. The number of rotatable bonds is 5. The number of hydrogen-bond acceptors (Lipinski definition) is 4. The Morgan fingerprint density at radius 2 is 1.75 bits per heavy atom. The Morgan fingerprint density at radius 1 is 0.964 bits per heavy atom. The van der Waals surface area contributed by atoms with Gasteiger partial charge in [0, 0.05) is 55.4 Å². The summed E-state index contributed by atoms with van der Waals surface area (Å²) in [6.45, 7) is 4.77. The highest BCUT2D eigenvalue weighted by Crippen LogP contribution is 2.29. The van der Waals surface area contributed by atoms with Crippen LogP contribution in [0.15, 0.2) is 71.9 Å². The van der Waals surface area contributed by atoms with E-state index in [9.17, 15) is 8.76 Å². The van der Waals surface area contributed by atoms with Crippen LogP contribution in [-0.4, -0.2) is 51.4 Å². The van der Waals surface area contributed by atoms with E-state index in [4.69, 9.17) is 0 Å². The lowest BCUT2D eigenvalue weighted by Gasteiger charge is -2.36. The lowest BCUT2D eigenvalue weighted by molar-refractivity contribution is 0.284. The largest absolute Gasteiger partial charge is 0.368 e. The molecule has 5 nitrogen and oxygen atoms in total. The molecule has 6 heteroatoms. The second-order valence-electron chi connectivity index (χ2n) is 6.84. The summed E-state index contributed by atoms with van der Waals surface area (Å²) in [7, 11) is 0. The van der Waals surface area contributed by atoms with Crippen molar-refractivity contribution < 1.29 is 8.76 Å². The van der Waals surface area contributed by atoms with E-state index in [1.54, 1.807) is 6.20 Å². The normalized spacial score (nSPS) is 16.7. The second kappa shape index (κ2) is 8.65. The van der Waals surface area contributed by atoms with Gasteiger partial charge in [0.2, 0.25) is 11.1 Å². The van der Waals surface area contributed by atoms with Crippen LogP contribution in [0.2, 0.25) is 0 Å². The number of benzene rings is 2. The monoisotopic (exact) mass is 393 g/mol. The van der Waals surface area contributed by atoms with Gasteiger partial charge in [-0.15, -0.1) is 0 Å². The van der Waals surface area contributed by atoms with Gasteiger partial charge in [-0.3, -0.25) is 4.90 Å². The summed E-state index contributed by atoms with van der Waals surface area (Å²) >= 11 is -2.09. The van der Waals surface area contributed by atoms with Gasteiger partial charge in [-0.1, -0.05) is 54.6 Å². The van der Waals surface area contributed by atoms with Crippen LogP contribution >= 0.6 is 0 Å². The van der Waals surface area contributed by atoms with Crippen molar-refractivity contribution >= 4 is 33.6 Å². The van der Waals surface area contributed by atoms with Gasteiger partial charge in [0.25, 0.3) is 0 Å². The van der Waals surface area contributed by atoms with E-state index < -0.39 is 11.1 Å². The lowest BCUT2D eigenvalue weighted by atomic mass is 10.1. The Hall–Kier alpha value is -2.54. The molecule has 4 rings (SSSR count). The highest BCUT2D eigenvalue weighted by atomic mass is 32.2. The molecule has 0 amide bonds. The molecule has 1 fully saturated rings. The summed E-state index contributed by atoms with van der Waals surface area (Å²) in [4.78, 5) is 8.87. The fraction of sp³-hybridized carbons (Fsp3) is 0.227. The Balaban J connectivity index is 1.43. The topological polar surface area (TPSA) is 56.7 Å². The van der Waals surface area contributed by atoms with E-state index in [1.165, 1.54) is 5.56 Å². The van der Waals surface area contributed by atoms with E-state index in [0.717, 1.165) is 49.2 Å². The maximum Gasteiger partial charge on any atom is 0.206 e. The first-order valence-corrected chi connectivity index (χ1v) is 10.5. The van der Waals surface area contributed by atoms with Gasteiger partial charge in [0.15, 0.2) is 5.03 Å². The summed E-state index contributed by atoms with van der Waals surface area (Å²) in [5.41, 5.74) is 2.33. The number of hydrogen-bond donors (Lipinski definition) is 1. The van der Waals surface area contributed by atoms with Crippen LogP contribution in [0.5, 0.6) is 0 Å². The van der Waals surface area contributed by atoms with Crippen LogP contribution < -0.4 is 4.90 Å². The van der Waals surface area contributed by atoms with Crippen molar-refractivity contribution in [2.24, 2.45) is 0 Å². The van der Waals surface area contributed by atoms with E-state index in [0.29, 0.717) is 0 Å². The summed E-state index contributed by atoms with van der Waals surface area (Å²) in [6.07, 6.45) is 6.00. The molecule has 0 spiro atoms. The Morgan fingerprint density at radius 3 is 2.50 bits per heavy atom. The van der Waals surface area contributed by atoms with Gasteiger partial charge in [-0.05, 0) is 17.7 Å². The van der Waals surface area contributed by atoms with Crippen molar-refractivity contribution in [2.75, 3.05) is 37.6 Å². The molecular weight excluding hydrogens is 370 g/mol. The van der Waals surface area contributed by atoms with Crippen molar-refractivity contribution in [3.05, 3.63) is 72.4 Å². The van der Waals surface area contributed by atoms with Crippen molar-refractivity contribution in [2.45, 2.75) is 5.03 Å².